The third kappa shape index (κ3) is 5.82. The molecule has 0 spiro atoms. The van der Waals surface area contributed by atoms with Crippen molar-refractivity contribution in [2.24, 2.45) is 5.92 Å². The highest BCUT2D eigenvalue weighted by molar-refractivity contribution is 7.89. The zero-order valence-electron chi connectivity index (χ0n) is 18.2. The molecule has 3 aromatic carbocycles. The average molecular weight is 483 g/mol. The first-order valence-electron chi connectivity index (χ1n) is 11.1. The van der Waals surface area contributed by atoms with Crippen LogP contribution in [0, 0.1) is 5.92 Å². The van der Waals surface area contributed by atoms with Crippen LogP contribution in [0.3, 0.4) is 0 Å². The summed E-state index contributed by atoms with van der Waals surface area (Å²) in [4.78, 5) is 13.2. The highest BCUT2D eigenvalue weighted by atomic mass is 35.5. The lowest BCUT2D eigenvalue weighted by atomic mass is 9.88. The van der Waals surface area contributed by atoms with Crippen molar-refractivity contribution in [2.75, 3.05) is 13.1 Å². The molecule has 1 unspecified atom stereocenters. The largest absolute Gasteiger partial charge is 0.345 e. The summed E-state index contributed by atoms with van der Waals surface area (Å²) in [6, 6.07) is 25.2. The Hall–Kier alpha value is -2.67. The molecule has 172 valence electrons. The van der Waals surface area contributed by atoms with Gasteiger partial charge in [-0.05, 0) is 67.1 Å². The summed E-state index contributed by atoms with van der Waals surface area (Å²) in [5, 5.41) is 3.76. The topological polar surface area (TPSA) is 66.5 Å². The maximum Gasteiger partial charge on any atom is 0.251 e. The average Bonchev–Trinajstić information content (AvgIpc) is 2.85. The fourth-order valence-corrected chi connectivity index (χ4v) is 5.88. The standard InChI is InChI=1S/C26H27ClN2O3S/c27-23-13-11-22(12-14-23)26(30)28-25(21-7-3-1-4-8-21)19-20-15-17-29(18-16-20)33(31,32)24-9-5-2-6-10-24/h1-14,20,25H,15-19H2,(H,28,30). The van der Waals surface area contributed by atoms with Crippen molar-refractivity contribution >= 4 is 27.5 Å². The normalized spacial score (nSPS) is 16.3. The summed E-state index contributed by atoms with van der Waals surface area (Å²) in [5.74, 6) is 0.160. The van der Waals surface area contributed by atoms with E-state index in [1.54, 1.807) is 52.8 Å². The summed E-state index contributed by atoms with van der Waals surface area (Å²) in [5.41, 5.74) is 1.60. The molecule has 0 bridgehead atoms. The van der Waals surface area contributed by atoms with E-state index in [0.29, 0.717) is 34.5 Å². The van der Waals surface area contributed by atoms with Gasteiger partial charge in [0.1, 0.15) is 0 Å². The molecule has 1 fully saturated rings. The molecule has 7 heteroatoms. The minimum atomic E-state index is -3.47. The van der Waals surface area contributed by atoms with Crippen molar-refractivity contribution in [1.29, 1.82) is 0 Å². The first kappa shape index (κ1) is 23.5. The third-order valence-corrected chi connectivity index (χ3v) is 8.30. The van der Waals surface area contributed by atoms with E-state index in [1.807, 2.05) is 36.4 Å². The smallest absolute Gasteiger partial charge is 0.251 e. The zero-order valence-corrected chi connectivity index (χ0v) is 19.8. The second kappa shape index (κ2) is 10.5. The number of carbonyl (C=O) groups is 1. The van der Waals surface area contributed by atoms with Gasteiger partial charge in [-0.2, -0.15) is 4.31 Å². The molecule has 0 aromatic heterocycles. The van der Waals surface area contributed by atoms with Crippen LogP contribution in [0.4, 0.5) is 0 Å². The van der Waals surface area contributed by atoms with Gasteiger partial charge in [0, 0.05) is 23.7 Å². The number of carbonyl (C=O) groups excluding carboxylic acids is 1. The van der Waals surface area contributed by atoms with Crippen LogP contribution in [0.5, 0.6) is 0 Å². The van der Waals surface area contributed by atoms with E-state index < -0.39 is 10.0 Å². The predicted molar refractivity (Wildman–Crippen MR) is 131 cm³/mol. The number of nitrogens with zero attached hydrogens (tertiary/aromatic N) is 1. The minimum absolute atomic E-state index is 0.149. The molecule has 1 atom stereocenters. The SMILES string of the molecule is O=C(NC(CC1CCN(S(=O)(=O)c2ccccc2)CC1)c1ccccc1)c1ccc(Cl)cc1. The molecule has 1 amide bonds. The van der Waals surface area contributed by atoms with Gasteiger partial charge in [0.25, 0.3) is 5.91 Å². The van der Waals surface area contributed by atoms with Gasteiger partial charge >= 0.3 is 0 Å². The zero-order chi connectivity index (χ0) is 23.3. The molecule has 3 aromatic rings. The Labute approximate surface area is 200 Å². The molecule has 1 saturated heterocycles. The van der Waals surface area contributed by atoms with Gasteiger partial charge < -0.3 is 5.32 Å². The van der Waals surface area contributed by atoms with Crippen LogP contribution in [-0.2, 0) is 10.0 Å². The molecule has 4 rings (SSSR count). The van der Waals surface area contributed by atoms with Crippen LogP contribution in [0.25, 0.3) is 0 Å². The van der Waals surface area contributed by atoms with E-state index in [4.69, 9.17) is 11.6 Å². The van der Waals surface area contributed by atoms with Gasteiger partial charge in [-0.1, -0.05) is 60.1 Å². The summed E-state index contributed by atoms with van der Waals surface area (Å²) in [6.07, 6.45) is 2.26. The Bertz CT molecular complexity index is 1160. The van der Waals surface area contributed by atoms with E-state index in [-0.39, 0.29) is 11.9 Å². The Morgan fingerprint density at radius 2 is 1.48 bits per heavy atom. The lowest BCUT2D eigenvalue weighted by Crippen LogP contribution is -2.39. The summed E-state index contributed by atoms with van der Waals surface area (Å²) in [7, 11) is -3.47. The number of rotatable bonds is 7. The number of amides is 1. The maximum absolute atomic E-state index is 12.9. The summed E-state index contributed by atoms with van der Waals surface area (Å²) < 4.78 is 27.4. The van der Waals surface area contributed by atoms with E-state index >= 15 is 0 Å². The molecular formula is C26H27ClN2O3S. The second-order valence-electron chi connectivity index (χ2n) is 8.34. The van der Waals surface area contributed by atoms with Gasteiger partial charge in [-0.15, -0.1) is 0 Å². The van der Waals surface area contributed by atoms with Crippen molar-refractivity contribution in [3.05, 3.63) is 101 Å². The maximum atomic E-state index is 12.9. The van der Waals surface area contributed by atoms with Crippen LogP contribution in [-0.4, -0.2) is 31.7 Å². The fourth-order valence-electron chi connectivity index (χ4n) is 4.27. The lowest BCUT2D eigenvalue weighted by Gasteiger charge is -2.33. The van der Waals surface area contributed by atoms with Crippen molar-refractivity contribution in [3.8, 4) is 0 Å². The van der Waals surface area contributed by atoms with Crippen molar-refractivity contribution in [2.45, 2.75) is 30.2 Å². The molecule has 1 heterocycles. The fraction of sp³-hybridized carbons (Fsp3) is 0.269. The van der Waals surface area contributed by atoms with Gasteiger partial charge in [-0.3, -0.25) is 4.79 Å². The lowest BCUT2D eigenvalue weighted by molar-refractivity contribution is 0.0927. The molecule has 1 aliphatic heterocycles. The molecule has 1 aliphatic rings. The van der Waals surface area contributed by atoms with E-state index in [0.717, 1.165) is 24.8 Å². The summed E-state index contributed by atoms with van der Waals surface area (Å²) >= 11 is 5.95. The molecule has 0 saturated carbocycles. The number of halogens is 1. The van der Waals surface area contributed by atoms with Crippen molar-refractivity contribution < 1.29 is 13.2 Å². The Morgan fingerprint density at radius 3 is 2.09 bits per heavy atom. The molecule has 0 aliphatic carbocycles. The van der Waals surface area contributed by atoms with E-state index in [9.17, 15) is 13.2 Å². The Balaban J connectivity index is 1.43. The molecule has 5 nitrogen and oxygen atoms in total. The van der Waals surface area contributed by atoms with Gasteiger partial charge in [0.2, 0.25) is 10.0 Å². The first-order valence-corrected chi connectivity index (χ1v) is 12.9. The molecular weight excluding hydrogens is 456 g/mol. The number of hydrogen-bond donors (Lipinski definition) is 1. The Morgan fingerprint density at radius 1 is 0.909 bits per heavy atom. The van der Waals surface area contributed by atoms with Gasteiger partial charge in [0.05, 0.1) is 10.9 Å². The van der Waals surface area contributed by atoms with Crippen molar-refractivity contribution in [1.82, 2.24) is 9.62 Å². The molecule has 1 N–H and O–H groups in total. The Kier molecular flexibility index (Phi) is 7.48. The highest BCUT2D eigenvalue weighted by Crippen LogP contribution is 2.31. The number of nitrogens with one attached hydrogen (secondary N) is 1. The molecule has 0 radical (unpaired) electrons. The predicted octanol–water partition coefficient (Wildman–Crippen LogP) is 5.30. The van der Waals surface area contributed by atoms with Crippen LogP contribution in [0.15, 0.2) is 89.8 Å². The van der Waals surface area contributed by atoms with E-state index in [2.05, 4.69) is 5.32 Å². The quantitative estimate of drug-likeness (QED) is 0.496. The number of benzene rings is 3. The third-order valence-electron chi connectivity index (χ3n) is 6.14. The van der Waals surface area contributed by atoms with Gasteiger partial charge in [-0.25, -0.2) is 8.42 Å². The van der Waals surface area contributed by atoms with Crippen molar-refractivity contribution in [3.63, 3.8) is 0 Å². The first-order chi connectivity index (χ1) is 15.9. The number of piperidine rings is 1. The monoisotopic (exact) mass is 482 g/mol. The molecule has 33 heavy (non-hydrogen) atoms. The summed E-state index contributed by atoms with van der Waals surface area (Å²) in [6.45, 7) is 0.961. The van der Waals surface area contributed by atoms with Crippen LogP contribution in [0.1, 0.15) is 41.2 Å². The van der Waals surface area contributed by atoms with Crippen LogP contribution < -0.4 is 5.32 Å². The van der Waals surface area contributed by atoms with Crippen LogP contribution in [0.2, 0.25) is 5.02 Å². The highest BCUT2D eigenvalue weighted by Gasteiger charge is 2.31. The minimum Gasteiger partial charge on any atom is -0.345 e. The van der Waals surface area contributed by atoms with Gasteiger partial charge in [0.15, 0.2) is 0 Å². The van der Waals surface area contributed by atoms with Crippen LogP contribution >= 0.6 is 11.6 Å². The second-order valence-corrected chi connectivity index (χ2v) is 10.7. The number of sulfonamides is 1. The van der Waals surface area contributed by atoms with E-state index in [1.165, 1.54) is 0 Å². The number of hydrogen-bond acceptors (Lipinski definition) is 3.